The molecule has 1 aliphatic heterocycles. The van der Waals surface area contributed by atoms with Crippen LogP contribution in [0.3, 0.4) is 0 Å². The molecule has 1 atom stereocenters. The van der Waals surface area contributed by atoms with Gasteiger partial charge < -0.3 is 9.64 Å². The molecule has 1 amide bonds. The van der Waals surface area contributed by atoms with Gasteiger partial charge >= 0.3 is 6.09 Å². The molecule has 0 aliphatic carbocycles. The van der Waals surface area contributed by atoms with E-state index < -0.39 is 0 Å². The normalized spacial score (nSPS) is 16.6. The summed E-state index contributed by atoms with van der Waals surface area (Å²) in [6.45, 7) is 11.7. The van der Waals surface area contributed by atoms with Crippen molar-refractivity contribution in [1.82, 2.24) is 9.80 Å². The highest BCUT2D eigenvalue weighted by atomic mass is 35.5. The van der Waals surface area contributed by atoms with Crippen molar-refractivity contribution in [2.45, 2.75) is 40.2 Å². The van der Waals surface area contributed by atoms with Crippen molar-refractivity contribution in [3.05, 3.63) is 34.9 Å². The second-order valence-electron chi connectivity index (χ2n) is 7.84. The first-order chi connectivity index (χ1) is 12.3. The first-order valence-electron chi connectivity index (χ1n) is 9.21. The van der Waals surface area contributed by atoms with Gasteiger partial charge in [0, 0.05) is 36.8 Å². The van der Waals surface area contributed by atoms with Crippen molar-refractivity contribution in [3.8, 4) is 11.8 Å². The highest BCUT2D eigenvalue weighted by molar-refractivity contribution is 6.30. The number of amides is 1. The fourth-order valence-corrected chi connectivity index (χ4v) is 2.96. The number of carbonyl (C=O) groups excluding carboxylic acids is 1. The number of benzene rings is 1. The van der Waals surface area contributed by atoms with Crippen LogP contribution in [0.5, 0.6) is 0 Å². The van der Waals surface area contributed by atoms with Crippen LogP contribution < -0.4 is 0 Å². The number of rotatable bonds is 3. The molecule has 0 radical (unpaired) electrons. The summed E-state index contributed by atoms with van der Waals surface area (Å²) in [5, 5.41) is 0.701. The molecular formula is C21H29ClN2O2. The Morgan fingerprint density at radius 1 is 1.27 bits per heavy atom. The molecule has 4 nitrogen and oxygen atoms in total. The molecule has 0 aromatic heterocycles. The number of hydrogen-bond donors (Lipinski definition) is 0. The average Bonchev–Trinajstić information content (AvgIpc) is 2.60. The standard InChI is InChI=1S/C21H29ClN2O2/c1-5-19(10-9-17-7-6-8-18(22)15-17)23-11-13-24(14-12-23)20(25)26-16-21(2,3)4/h6-8,15,19H,5,11-14,16H2,1-4H3. The highest BCUT2D eigenvalue weighted by Crippen LogP contribution is 2.15. The molecule has 0 saturated carbocycles. The Kier molecular flexibility index (Phi) is 7.37. The van der Waals surface area contributed by atoms with Crippen molar-refractivity contribution in [1.29, 1.82) is 0 Å². The van der Waals surface area contributed by atoms with Crippen molar-refractivity contribution in [2.75, 3.05) is 32.8 Å². The lowest BCUT2D eigenvalue weighted by molar-refractivity contribution is 0.0507. The van der Waals surface area contributed by atoms with E-state index in [4.69, 9.17) is 16.3 Å². The zero-order valence-corrected chi connectivity index (χ0v) is 17.0. The van der Waals surface area contributed by atoms with Crippen LogP contribution in [0, 0.1) is 17.3 Å². The zero-order chi connectivity index (χ0) is 19.2. The predicted molar refractivity (Wildman–Crippen MR) is 106 cm³/mol. The lowest BCUT2D eigenvalue weighted by Crippen LogP contribution is -2.51. The summed E-state index contributed by atoms with van der Waals surface area (Å²) in [7, 11) is 0. The van der Waals surface area contributed by atoms with Gasteiger partial charge in [0.05, 0.1) is 12.6 Å². The number of piperazine rings is 1. The molecule has 1 aromatic carbocycles. The highest BCUT2D eigenvalue weighted by Gasteiger charge is 2.26. The molecule has 5 heteroatoms. The van der Waals surface area contributed by atoms with Crippen molar-refractivity contribution in [3.63, 3.8) is 0 Å². The smallest absolute Gasteiger partial charge is 0.409 e. The molecule has 142 valence electrons. The van der Waals surface area contributed by atoms with Gasteiger partial charge in [0.15, 0.2) is 0 Å². The Bertz CT molecular complexity index is 665. The maximum atomic E-state index is 12.2. The fourth-order valence-electron chi connectivity index (χ4n) is 2.77. The molecule has 1 heterocycles. The van der Waals surface area contributed by atoms with Crippen molar-refractivity contribution in [2.24, 2.45) is 5.41 Å². The summed E-state index contributed by atoms with van der Waals surface area (Å²) in [4.78, 5) is 16.3. The van der Waals surface area contributed by atoms with Crippen molar-refractivity contribution >= 4 is 17.7 Å². The van der Waals surface area contributed by atoms with Gasteiger partial charge in [-0.15, -0.1) is 0 Å². The van der Waals surface area contributed by atoms with E-state index in [0.717, 1.165) is 25.1 Å². The van der Waals surface area contributed by atoms with Crippen LogP contribution in [0.4, 0.5) is 4.79 Å². The van der Waals surface area contributed by atoms with Crippen LogP contribution in [-0.2, 0) is 4.74 Å². The minimum atomic E-state index is -0.211. The summed E-state index contributed by atoms with van der Waals surface area (Å²) >= 11 is 6.01. The zero-order valence-electron chi connectivity index (χ0n) is 16.2. The average molecular weight is 377 g/mol. The monoisotopic (exact) mass is 376 g/mol. The first kappa shape index (κ1) is 20.6. The molecule has 1 fully saturated rings. The summed E-state index contributed by atoms with van der Waals surface area (Å²) in [6, 6.07) is 7.79. The first-order valence-corrected chi connectivity index (χ1v) is 9.59. The minimum Gasteiger partial charge on any atom is -0.449 e. The van der Waals surface area contributed by atoms with E-state index in [0.29, 0.717) is 24.7 Å². The lowest BCUT2D eigenvalue weighted by Gasteiger charge is -2.37. The molecule has 0 N–H and O–H groups in total. The summed E-state index contributed by atoms with van der Waals surface area (Å²) < 4.78 is 5.41. The lowest BCUT2D eigenvalue weighted by atomic mass is 9.99. The Morgan fingerprint density at radius 3 is 2.54 bits per heavy atom. The molecule has 1 saturated heterocycles. The molecule has 0 bridgehead atoms. The van der Waals surface area contributed by atoms with Crippen LogP contribution in [0.25, 0.3) is 0 Å². The SMILES string of the molecule is CCC(C#Cc1cccc(Cl)c1)N1CCN(C(=O)OCC(C)(C)C)CC1. The largest absolute Gasteiger partial charge is 0.449 e. The maximum Gasteiger partial charge on any atom is 0.409 e. The molecule has 1 unspecified atom stereocenters. The Hall–Kier alpha value is -1.70. The second-order valence-corrected chi connectivity index (χ2v) is 8.28. The van der Waals surface area contributed by atoms with E-state index in [2.05, 4.69) is 44.4 Å². The fraction of sp³-hybridized carbons (Fsp3) is 0.571. The second kappa shape index (κ2) is 9.30. The summed E-state index contributed by atoms with van der Waals surface area (Å²) in [5.41, 5.74) is 0.918. The maximum absolute atomic E-state index is 12.2. The quantitative estimate of drug-likeness (QED) is 0.738. The van der Waals surface area contributed by atoms with Gasteiger partial charge in [-0.2, -0.15) is 0 Å². The Labute approximate surface area is 162 Å². The molecule has 1 aromatic rings. The van der Waals surface area contributed by atoms with E-state index in [9.17, 15) is 4.79 Å². The van der Waals surface area contributed by atoms with Gasteiger partial charge in [0.2, 0.25) is 0 Å². The van der Waals surface area contributed by atoms with E-state index >= 15 is 0 Å². The molecular weight excluding hydrogens is 348 g/mol. The van der Waals surface area contributed by atoms with Gasteiger partial charge in [-0.05, 0) is 30.0 Å². The van der Waals surface area contributed by atoms with Gasteiger partial charge in [-0.25, -0.2) is 4.79 Å². The topological polar surface area (TPSA) is 32.8 Å². The number of carbonyl (C=O) groups is 1. The summed E-state index contributed by atoms with van der Waals surface area (Å²) in [6.07, 6.45) is 0.736. The van der Waals surface area contributed by atoms with Gasteiger partial charge in [0.1, 0.15) is 0 Å². The van der Waals surface area contributed by atoms with Crippen LogP contribution in [0.2, 0.25) is 5.02 Å². The molecule has 0 spiro atoms. The van der Waals surface area contributed by atoms with E-state index in [1.165, 1.54) is 0 Å². The Balaban J connectivity index is 1.88. The summed E-state index contributed by atoms with van der Waals surface area (Å²) in [5.74, 6) is 6.58. The molecule has 2 rings (SSSR count). The van der Waals surface area contributed by atoms with Crippen LogP contribution in [0.1, 0.15) is 39.7 Å². The van der Waals surface area contributed by atoms with Gasteiger partial charge in [0.25, 0.3) is 0 Å². The number of hydrogen-bond acceptors (Lipinski definition) is 3. The molecule has 26 heavy (non-hydrogen) atoms. The third-order valence-corrected chi connectivity index (χ3v) is 4.47. The number of nitrogens with zero attached hydrogens (tertiary/aromatic N) is 2. The van der Waals surface area contributed by atoms with Gasteiger partial charge in [-0.1, -0.05) is 57.2 Å². The van der Waals surface area contributed by atoms with E-state index in [1.54, 1.807) is 4.90 Å². The van der Waals surface area contributed by atoms with Gasteiger partial charge in [-0.3, -0.25) is 4.90 Å². The van der Waals surface area contributed by atoms with Crippen LogP contribution in [0.15, 0.2) is 24.3 Å². The third kappa shape index (κ3) is 6.55. The minimum absolute atomic E-state index is 0.0132. The van der Waals surface area contributed by atoms with Crippen LogP contribution in [-0.4, -0.2) is 54.7 Å². The van der Waals surface area contributed by atoms with E-state index in [-0.39, 0.29) is 17.6 Å². The number of halogens is 1. The molecule has 1 aliphatic rings. The predicted octanol–water partition coefficient (Wildman–Crippen LogP) is 4.27. The third-order valence-electron chi connectivity index (χ3n) is 4.24. The van der Waals surface area contributed by atoms with E-state index in [1.807, 2.05) is 24.3 Å². The van der Waals surface area contributed by atoms with Crippen molar-refractivity contribution < 1.29 is 9.53 Å². The number of ether oxygens (including phenoxy) is 1. The van der Waals surface area contributed by atoms with Crippen LogP contribution >= 0.6 is 11.6 Å². The Morgan fingerprint density at radius 2 is 1.96 bits per heavy atom.